The smallest absolute Gasteiger partial charge is 0.166 e. The number of fused-ring (bicyclic) bond motifs is 1. The number of rotatable bonds is 2. The molecule has 102 valence electrons. The molecule has 0 amide bonds. The Kier molecular flexibility index (Phi) is 4.13. The van der Waals surface area contributed by atoms with Gasteiger partial charge in [-0.15, -0.1) is 0 Å². The minimum atomic E-state index is 0.0843. The largest absolute Gasteiger partial charge is 0.294 e. The summed E-state index contributed by atoms with van der Waals surface area (Å²) in [5, 5.41) is 0.660. The first kappa shape index (κ1) is 14.1. The molecule has 1 nitrogen and oxygen atoms in total. The van der Waals surface area contributed by atoms with Crippen LogP contribution in [0.15, 0.2) is 42.5 Å². The maximum absolute atomic E-state index is 12.6. The van der Waals surface area contributed by atoms with Gasteiger partial charge in [0.2, 0.25) is 0 Å². The molecule has 0 saturated heterocycles. The molecule has 0 saturated carbocycles. The van der Waals surface area contributed by atoms with E-state index in [0.717, 1.165) is 28.4 Å². The molecule has 2 aromatic rings. The first-order chi connectivity index (χ1) is 9.65. The summed E-state index contributed by atoms with van der Waals surface area (Å²) in [6, 6.07) is 14.0. The number of ketones is 1. The van der Waals surface area contributed by atoms with E-state index in [9.17, 15) is 4.79 Å². The van der Waals surface area contributed by atoms with Gasteiger partial charge in [-0.25, -0.2) is 0 Å². The van der Waals surface area contributed by atoms with Gasteiger partial charge in [-0.05, 0) is 65.1 Å². The van der Waals surface area contributed by atoms with Crippen molar-refractivity contribution in [2.45, 2.75) is 19.3 Å². The van der Waals surface area contributed by atoms with E-state index in [1.165, 1.54) is 11.1 Å². The van der Waals surface area contributed by atoms with Gasteiger partial charge in [0.15, 0.2) is 5.78 Å². The summed E-state index contributed by atoms with van der Waals surface area (Å²) in [4.78, 5) is 12.6. The van der Waals surface area contributed by atoms with Gasteiger partial charge in [0.25, 0.3) is 0 Å². The summed E-state index contributed by atoms with van der Waals surface area (Å²) in [5.41, 5.74) is 3.44. The van der Waals surface area contributed by atoms with Crippen LogP contribution in [-0.2, 0) is 12.8 Å². The zero-order valence-electron chi connectivity index (χ0n) is 10.9. The van der Waals surface area contributed by atoms with Gasteiger partial charge < -0.3 is 0 Å². The third-order valence-corrected chi connectivity index (χ3v) is 5.49. The third-order valence-electron chi connectivity index (χ3n) is 3.92. The van der Waals surface area contributed by atoms with Crippen LogP contribution in [0, 0.1) is 9.49 Å². The normalized spacial score (nSPS) is 17.6. The fraction of sp³-hybridized carbons (Fsp3) is 0.235. The van der Waals surface area contributed by atoms with E-state index in [-0.39, 0.29) is 11.7 Å². The van der Waals surface area contributed by atoms with Crippen molar-refractivity contribution in [2.24, 2.45) is 5.92 Å². The topological polar surface area (TPSA) is 17.1 Å². The SMILES string of the molecule is O=C(c1ccc(I)c(Cl)c1)C1CCc2ccccc2C1. The number of aryl methyl sites for hydroxylation is 1. The number of hydrogen-bond acceptors (Lipinski definition) is 1. The van der Waals surface area contributed by atoms with Crippen LogP contribution >= 0.6 is 34.2 Å². The van der Waals surface area contributed by atoms with E-state index in [0.29, 0.717) is 5.02 Å². The van der Waals surface area contributed by atoms with Crippen molar-refractivity contribution in [3.05, 3.63) is 67.7 Å². The van der Waals surface area contributed by atoms with E-state index in [2.05, 4.69) is 40.8 Å². The summed E-state index contributed by atoms with van der Waals surface area (Å²) >= 11 is 8.29. The van der Waals surface area contributed by atoms with Gasteiger partial charge in [-0.2, -0.15) is 0 Å². The predicted molar refractivity (Wildman–Crippen MR) is 90.5 cm³/mol. The van der Waals surface area contributed by atoms with Crippen molar-refractivity contribution in [3.63, 3.8) is 0 Å². The fourth-order valence-corrected chi connectivity index (χ4v) is 3.32. The van der Waals surface area contributed by atoms with Gasteiger partial charge >= 0.3 is 0 Å². The number of hydrogen-bond donors (Lipinski definition) is 0. The predicted octanol–water partition coefficient (Wildman–Crippen LogP) is 4.93. The van der Waals surface area contributed by atoms with Gasteiger partial charge in [0.1, 0.15) is 0 Å². The van der Waals surface area contributed by atoms with Crippen molar-refractivity contribution in [1.29, 1.82) is 0 Å². The van der Waals surface area contributed by atoms with E-state index < -0.39 is 0 Å². The Morgan fingerprint density at radius 3 is 2.65 bits per heavy atom. The van der Waals surface area contributed by atoms with Gasteiger partial charge in [-0.3, -0.25) is 4.79 Å². The summed E-state index contributed by atoms with van der Waals surface area (Å²) < 4.78 is 0.981. The molecule has 1 unspecified atom stereocenters. The monoisotopic (exact) mass is 396 g/mol. The third kappa shape index (κ3) is 2.77. The molecule has 1 aliphatic carbocycles. The van der Waals surface area contributed by atoms with Crippen LogP contribution < -0.4 is 0 Å². The second-order valence-corrected chi connectivity index (χ2v) is 6.77. The Morgan fingerprint density at radius 1 is 1.15 bits per heavy atom. The Bertz CT molecular complexity index is 666. The van der Waals surface area contributed by atoms with E-state index in [1.54, 1.807) is 6.07 Å². The Labute approximate surface area is 137 Å². The van der Waals surface area contributed by atoms with Crippen LogP contribution in [0.5, 0.6) is 0 Å². The van der Waals surface area contributed by atoms with E-state index in [4.69, 9.17) is 11.6 Å². The van der Waals surface area contributed by atoms with Crippen LogP contribution in [0.25, 0.3) is 0 Å². The van der Waals surface area contributed by atoms with Crippen LogP contribution in [-0.4, -0.2) is 5.78 Å². The first-order valence-electron chi connectivity index (χ1n) is 6.71. The van der Waals surface area contributed by atoms with Crippen LogP contribution in [0.2, 0.25) is 5.02 Å². The molecule has 3 heteroatoms. The highest BCUT2D eigenvalue weighted by Crippen LogP contribution is 2.29. The molecule has 3 rings (SSSR count). The fourth-order valence-electron chi connectivity index (χ4n) is 2.81. The average molecular weight is 397 g/mol. The summed E-state index contributed by atoms with van der Waals surface area (Å²) in [7, 11) is 0. The maximum Gasteiger partial charge on any atom is 0.166 e. The first-order valence-corrected chi connectivity index (χ1v) is 8.17. The van der Waals surface area contributed by atoms with Gasteiger partial charge in [-0.1, -0.05) is 41.9 Å². The number of carbonyl (C=O) groups is 1. The molecule has 0 bridgehead atoms. The molecule has 20 heavy (non-hydrogen) atoms. The zero-order valence-corrected chi connectivity index (χ0v) is 13.8. The van der Waals surface area contributed by atoms with Gasteiger partial charge in [0.05, 0.1) is 5.02 Å². The molecule has 0 heterocycles. The second-order valence-electron chi connectivity index (χ2n) is 5.20. The number of carbonyl (C=O) groups excluding carboxylic acids is 1. The van der Waals surface area contributed by atoms with Crippen molar-refractivity contribution < 1.29 is 4.79 Å². The minimum Gasteiger partial charge on any atom is -0.294 e. The standard InChI is InChI=1S/C17H14ClIO/c18-15-10-14(7-8-16(15)19)17(20)13-6-5-11-3-1-2-4-12(11)9-13/h1-4,7-8,10,13H,5-6,9H2. The van der Waals surface area contributed by atoms with E-state index >= 15 is 0 Å². The number of Topliss-reactive ketones (excluding diaryl/α,β-unsaturated/α-hetero) is 1. The lowest BCUT2D eigenvalue weighted by Gasteiger charge is -2.23. The Balaban J connectivity index is 1.84. The summed E-state index contributed by atoms with van der Waals surface area (Å²) in [6.07, 6.45) is 2.77. The molecule has 0 N–H and O–H groups in total. The minimum absolute atomic E-state index is 0.0843. The van der Waals surface area contributed by atoms with Crippen LogP contribution in [0.1, 0.15) is 27.9 Å². The summed E-state index contributed by atoms with van der Waals surface area (Å²) in [6.45, 7) is 0. The number of benzene rings is 2. The van der Waals surface area contributed by atoms with Crippen molar-refractivity contribution >= 4 is 40.0 Å². The van der Waals surface area contributed by atoms with Crippen molar-refractivity contribution in [1.82, 2.24) is 0 Å². The molecular formula is C17H14ClIO. The maximum atomic E-state index is 12.6. The molecule has 0 aliphatic heterocycles. The highest BCUT2D eigenvalue weighted by molar-refractivity contribution is 14.1. The Morgan fingerprint density at radius 2 is 1.90 bits per heavy atom. The number of halogens is 2. The van der Waals surface area contributed by atoms with Crippen LogP contribution in [0.4, 0.5) is 0 Å². The molecular weight excluding hydrogens is 383 g/mol. The van der Waals surface area contributed by atoms with Crippen LogP contribution in [0.3, 0.4) is 0 Å². The van der Waals surface area contributed by atoms with Crippen molar-refractivity contribution in [3.8, 4) is 0 Å². The molecule has 1 atom stereocenters. The second kappa shape index (κ2) is 5.86. The Hall–Kier alpha value is -0.870. The van der Waals surface area contributed by atoms with Gasteiger partial charge in [0, 0.05) is 15.1 Å². The molecule has 0 aromatic heterocycles. The lowest BCUT2D eigenvalue weighted by molar-refractivity contribution is 0.0908. The molecule has 0 fully saturated rings. The average Bonchev–Trinajstić information content (AvgIpc) is 2.49. The van der Waals surface area contributed by atoms with E-state index in [1.807, 2.05) is 18.2 Å². The lowest BCUT2D eigenvalue weighted by atomic mass is 9.80. The molecule has 2 aromatic carbocycles. The van der Waals surface area contributed by atoms with Crippen molar-refractivity contribution in [2.75, 3.05) is 0 Å². The molecule has 0 radical (unpaired) electrons. The quantitative estimate of drug-likeness (QED) is 0.519. The zero-order chi connectivity index (χ0) is 14.1. The lowest BCUT2D eigenvalue weighted by Crippen LogP contribution is -2.22. The molecule has 1 aliphatic rings. The molecule has 0 spiro atoms. The summed E-state index contributed by atoms with van der Waals surface area (Å²) in [5.74, 6) is 0.304. The highest BCUT2D eigenvalue weighted by Gasteiger charge is 2.25. The highest BCUT2D eigenvalue weighted by atomic mass is 127.